The first-order valence-corrected chi connectivity index (χ1v) is 3.68. The van der Waals surface area contributed by atoms with Gasteiger partial charge in [0, 0.05) is 21.1 Å². The van der Waals surface area contributed by atoms with E-state index < -0.39 is 0 Å². The fraction of sp³-hybridized carbons (Fsp3) is 0.571. The first-order chi connectivity index (χ1) is 5.29. The van der Waals surface area contributed by atoms with Gasteiger partial charge in [-0.1, -0.05) is 0 Å². The molecule has 0 aromatic rings. The Balaban J connectivity index is 0.000000720. The topological polar surface area (TPSA) is 49.4 Å². The number of amides is 2. The molecule has 1 unspecified atom stereocenters. The maximum absolute atomic E-state index is 11.1. The molecule has 2 saturated heterocycles. The van der Waals surface area contributed by atoms with E-state index in [2.05, 4.69) is 5.32 Å². The quantitative estimate of drug-likeness (QED) is 0.572. The maximum atomic E-state index is 11.1. The average molecular weight is 337 g/mol. The number of rotatable bonds is 0. The van der Waals surface area contributed by atoms with E-state index in [0.717, 1.165) is 0 Å². The minimum Gasteiger partial charge on any atom is -0.362 e. The van der Waals surface area contributed by atoms with Gasteiger partial charge < -0.3 is 16.6 Å². The Bertz CT molecular complexity index is 197. The van der Waals surface area contributed by atoms with E-state index >= 15 is 0 Å². The van der Waals surface area contributed by atoms with Gasteiger partial charge >= 0.3 is 0 Å². The molecule has 12 heavy (non-hydrogen) atoms. The van der Waals surface area contributed by atoms with Crippen LogP contribution in [0.15, 0.2) is 0 Å². The van der Waals surface area contributed by atoms with Crippen molar-refractivity contribution in [1.82, 2.24) is 10.2 Å². The number of piperazine rings is 1. The van der Waals surface area contributed by atoms with Gasteiger partial charge in [0.25, 0.3) is 0 Å². The van der Waals surface area contributed by atoms with Gasteiger partial charge in [0.05, 0.1) is 12.6 Å². The van der Waals surface area contributed by atoms with Crippen LogP contribution in [0.2, 0.25) is 0 Å². The standard InChI is InChI=1S/C7H9N2O2.W/c10-6-4-8-7(11)5-2-1-3-9(5)6;/h1,5H,2-4H2,(H,8,11);/q-1;. The molecule has 0 radical (unpaired) electrons. The van der Waals surface area contributed by atoms with Crippen molar-refractivity contribution in [1.29, 1.82) is 0 Å². The summed E-state index contributed by atoms with van der Waals surface area (Å²) in [7, 11) is 0. The third-order valence-corrected chi connectivity index (χ3v) is 2.13. The van der Waals surface area contributed by atoms with E-state index in [1.54, 1.807) is 4.90 Å². The Hall–Kier alpha value is -0.372. The Morgan fingerprint density at radius 3 is 2.92 bits per heavy atom. The fourth-order valence-electron chi connectivity index (χ4n) is 1.53. The van der Waals surface area contributed by atoms with Crippen LogP contribution in [-0.2, 0) is 30.7 Å². The maximum Gasteiger partial charge on any atom is 0.240 e. The van der Waals surface area contributed by atoms with Crippen LogP contribution >= 0.6 is 0 Å². The first-order valence-electron chi connectivity index (χ1n) is 3.68. The van der Waals surface area contributed by atoms with Gasteiger partial charge in [-0.25, -0.2) is 0 Å². The zero-order valence-corrected chi connectivity index (χ0v) is 9.38. The molecule has 1 atom stereocenters. The molecular weight excluding hydrogens is 328 g/mol. The van der Waals surface area contributed by atoms with Crippen molar-refractivity contribution in [3.63, 3.8) is 0 Å². The number of nitrogens with zero attached hydrogens (tertiary/aromatic N) is 1. The van der Waals surface area contributed by atoms with Gasteiger partial charge in [-0.15, -0.1) is 13.0 Å². The summed E-state index contributed by atoms with van der Waals surface area (Å²) in [4.78, 5) is 23.8. The van der Waals surface area contributed by atoms with Crippen molar-refractivity contribution >= 4 is 11.8 Å². The van der Waals surface area contributed by atoms with Crippen molar-refractivity contribution < 1.29 is 30.7 Å². The Labute approximate surface area is 84.9 Å². The first kappa shape index (κ1) is 9.71. The van der Waals surface area contributed by atoms with E-state index in [-0.39, 0.29) is 45.5 Å². The van der Waals surface area contributed by atoms with Gasteiger partial charge in [-0.05, 0) is 0 Å². The van der Waals surface area contributed by atoms with Crippen LogP contribution in [-0.4, -0.2) is 35.8 Å². The Kier molecular flexibility index (Phi) is 2.88. The minimum absolute atomic E-state index is 0. The number of hydrogen-bond acceptors (Lipinski definition) is 2. The molecule has 0 aromatic heterocycles. The predicted molar refractivity (Wildman–Crippen MR) is 37.4 cm³/mol. The van der Waals surface area contributed by atoms with Crippen LogP contribution in [0, 0.1) is 6.42 Å². The Morgan fingerprint density at radius 2 is 2.25 bits per heavy atom. The second-order valence-electron chi connectivity index (χ2n) is 2.80. The second kappa shape index (κ2) is 3.56. The summed E-state index contributed by atoms with van der Waals surface area (Å²) in [6, 6.07) is -0.212. The molecular formula is C7H9N2O2W-. The van der Waals surface area contributed by atoms with Gasteiger partial charge in [0.1, 0.15) is 0 Å². The molecule has 0 bridgehead atoms. The van der Waals surface area contributed by atoms with Crippen LogP contribution in [0.4, 0.5) is 0 Å². The zero-order chi connectivity index (χ0) is 7.84. The fourth-order valence-corrected chi connectivity index (χ4v) is 1.53. The van der Waals surface area contributed by atoms with Gasteiger partial charge in [0.2, 0.25) is 11.8 Å². The van der Waals surface area contributed by atoms with Crippen LogP contribution in [0.25, 0.3) is 0 Å². The molecule has 1 N–H and O–H groups in total. The summed E-state index contributed by atoms with van der Waals surface area (Å²) >= 11 is 0. The molecule has 5 heteroatoms. The number of nitrogens with one attached hydrogen (secondary N) is 1. The smallest absolute Gasteiger partial charge is 0.240 e. The van der Waals surface area contributed by atoms with Crippen molar-refractivity contribution in [2.45, 2.75) is 12.5 Å². The molecule has 66 valence electrons. The molecule has 2 fully saturated rings. The third kappa shape index (κ3) is 1.40. The molecule has 2 aliphatic rings. The van der Waals surface area contributed by atoms with Crippen LogP contribution in [0.3, 0.4) is 0 Å². The molecule has 0 saturated carbocycles. The summed E-state index contributed by atoms with van der Waals surface area (Å²) in [6.07, 6.45) is 2.67. The SMILES string of the molecule is O=C1NCC(=O)N2C[CH-]CC12.[W]. The molecule has 2 heterocycles. The summed E-state index contributed by atoms with van der Waals surface area (Å²) in [5, 5.41) is 2.55. The van der Waals surface area contributed by atoms with Crippen molar-refractivity contribution in [3.8, 4) is 0 Å². The van der Waals surface area contributed by atoms with Crippen molar-refractivity contribution in [3.05, 3.63) is 6.42 Å². The molecule has 2 rings (SSSR count). The Morgan fingerprint density at radius 1 is 1.50 bits per heavy atom. The molecule has 0 aliphatic carbocycles. The zero-order valence-electron chi connectivity index (χ0n) is 6.45. The van der Waals surface area contributed by atoms with E-state index in [9.17, 15) is 9.59 Å². The number of carbonyl (C=O) groups excluding carboxylic acids is 2. The number of hydrogen-bond donors (Lipinski definition) is 1. The summed E-state index contributed by atoms with van der Waals surface area (Å²) in [5.41, 5.74) is 0. The monoisotopic (exact) mass is 337 g/mol. The number of carbonyl (C=O) groups is 2. The van der Waals surface area contributed by atoms with E-state index in [1.807, 2.05) is 6.42 Å². The molecule has 4 nitrogen and oxygen atoms in total. The average Bonchev–Trinajstić information content (AvgIpc) is 2.45. The molecule has 0 spiro atoms. The van der Waals surface area contributed by atoms with Crippen LogP contribution in [0.1, 0.15) is 6.42 Å². The van der Waals surface area contributed by atoms with Crippen molar-refractivity contribution in [2.24, 2.45) is 0 Å². The van der Waals surface area contributed by atoms with E-state index in [0.29, 0.717) is 13.0 Å². The number of fused-ring (bicyclic) bond motifs is 1. The van der Waals surface area contributed by atoms with Crippen LogP contribution < -0.4 is 5.32 Å². The van der Waals surface area contributed by atoms with Gasteiger partial charge in [-0.2, -0.15) is 0 Å². The normalized spacial score (nSPS) is 27.7. The summed E-state index contributed by atoms with van der Waals surface area (Å²) in [6.45, 7) is 0.806. The van der Waals surface area contributed by atoms with Crippen molar-refractivity contribution in [2.75, 3.05) is 13.1 Å². The molecule has 2 aliphatic heterocycles. The summed E-state index contributed by atoms with van der Waals surface area (Å²) in [5.74, 6) is 0.0155. The predicted octanol–water partition coefficient (Wildman–Crippen LogP) is -1.08. The third-order valence-electron chi connectivity index (χ3n) is 2.13. The van der Waals surface area contributed by atoms with Gasteiger partial charge in [0.15, 0.2) is 0 Å². The van der Waals surface area contributed by atoms with Crippen LogP contribution in [0.5, 0.6) is 0 Å². The van der Waals surface area contributed by atoms with Gasteiger partial charge in [-0.3, -0.25) is 9.59 Å². The minimum atomic E-state index is -0.212. The van der Waals surface area contributed by atoms with E-state index in [4.69, 9.17) is 0 Å². The summed E-state index contributed by atoms with van der Waals surface area (Å²) < 4.78 is 0. The molecule has 2 amide bonds. The largest absolute Gasteiger partial charge is 0.362 e. The second-order valence-corrected chi connectivity index (χ2v) is 2.80. The van der Waals surface area contributed by atoms with E-state index in [1.165, 1.54) is 0 Å². The molecule has 0 aromatic carbocycles.